The van der Waals surface area contributed by atoms with E-state index in [9.17, 15) is 4.79 Å². The SMILES string of the molecule is COC(=O)CCC/C=C/C/C=C/C/C=C/C/C=C/CO. The van der Waals surface area contributed by atoms with Crippen LogP contribution in [-0.2, 0) is 9.53 Å². The van der Waals surface area contributed by atoms with Crippen molar-refractivity contribution in [2.45, 2.75) is 38.5 Å². The van der Waals surface area contributed by atoms with E-state index in [0.29, 0.717) is 6.42 Å². The minimum Gasteiger partial charge on any atom is -0.469 e. The quantitative estimate of drug-likeness (QED) is 0.356. The molecular formula is C17H26O3. The van der Waals surface area contributed by atoms with Gasteiger partial charge in [-0.3, -0.25) is 4.79 Å². The number of aliphatic hydroxyl groups excluding tert-OH is 1. The molecule has 0 unspecified atom stereocenters. The maximum atomic E-state index is 10.8. The molecule has 0 saturated carbocycles. The van der Waals surface area contributed by atoms with Crippen molar-refractivity contribution < 1.29 is 14.6 Å². The molecule has 0 aliphatic carbocycles. The summed E-state index contributed by atoms with van der Waals surface area (Å²) >= 11 is 0. The summed E-state index contributed by atoms with van der Waals surface area (Å²) in [4.78, 5) is 10.8. The van der Waals surface area contributed by atoms with Crippen LogP contribution in [0.3, 0.4) is 0 Å². The molecule has 112 valence electrons. The lowest BCUT2D eigenvalue weighted by Crippen LogP contribution is -1.98. The Labute approximate surface area is 122 Å². The van der Waals surface area contributed by atoms with Crippen LogP contribution in [0.2, 0.25) is 0 Å². The maximum Gasteiger partial charge on any atom is 0.305 e. The Morgan fingerprint density at radius 2 is 1.40 bits per heavy atom. The third-order valence-electron chi connectivity index (χ3n) is 2.57. The van der Waals surface area contributed by atoms with E-state index in [1.165, 1.54) is 7.11 Å². The molecule has 0 aromatic heterocycles. The van der Waals surface area contributed by atoms with Crippen LogP contribution in [0.1, 0.15) is 38.5 Å². The fraction of sp³-hybridized carbons (Fsp3) is 0.471. The fourth-order valence-corrected chi connectivity index (χ4v) is 1.47. The number of hydrogen-bond donors (Lipinski definition) is 1. The van der Waals surface area contributed by atoms with Gasteiger partial charge in [-0.15, -0.1) is 0 Å². The number of aliphatic hydroxyl groups is 1. The predicted molar refractivity (Wildman–Crippen MR) is 83.4 cm³/mol. The molecule has 0 aromatic carbocycles. The fourth-order valence-electron chi connectivity index (χ4n) is 1.47. The van der Waals surface area contributed by atoms with Gasteiger partial charge in [-0.05, 0) is 32.1 Å². The van der Waals surface area contributed by atoms with Gasteiger partial charge in [-0.2, -0.15) is 0 Å². The molecule has 3 heteroatoms. The number of methoxy groups -OCH3 is 1. The van der Waals surface area contributed by atoms with Gasteiger partial charge in [0.15, 0.2) is 0 Å². The summed E-state index contributed by atoms with van der Waals surface area (Å²) in [7, 11) is 1.42. The Hall–Kier alpha value is -1.61. The number of allylic oxidation sites excluding steroid dienone is 7. The van der Waals surface area contributed by atoms with Gasteiger partial charge in [0.05, 0.1) is 13.7 Å². The summed E-state index contributed by atoms with van der Waals surface area (Å²) < 4.78 is 4.57. The second kappa shape index (κ2) is 15.4. The maximum absolute atomic E-state index is 10.8. The number of hydrogen-bond acceptors (Lipinski definition) is 3. The number of carbonyl (C=O) groups excluding carboxylic acids is 1. The molecule has 0 saturated heterocycles. The van der Waals surface area contributed by atoms with Crippen LogP contribution in [-0.4, -0.2) is 24.8 Å². The number of unbranched alkanes of at least 4 members (excludes halogenated alkanes) is 1. The standard InChI is InChI=1S/C17H26O3/c1-20-17(19)15-13-11-9-7-5-3-2-4-6-8-10-12-14-16-18/h2-3,6-9,12,14,18H,4-5,10-11,13,15-16H2,1H3/b3-2+,8-6+,9-7+,14-12+. The molecule has 0 heterocycles. The van der Waals surface area contributed by atoms with Crippen LogP contribution in [0.15, 0.2) is 48.6 Å². The van der Waals surface area contributed by atoms with Crippen molar-refractivity contribution in [2.24, 2.45) is 0 Å². The normalized spacial score (nSPS) is 12.3. The van der Waals surface area contributed by atoms with Gasteiger partial charge < -0.3 is 9.84 Å². The molecule has 0 spiro atoms. The summed E-state index contributed by atoms with van der Waals surface area (Å²) in [5, 5.41) is 8.53. The molecule has 0 amide bonds. The number of carbonyl (C=O) groups is 1. The van der Waals surface area contributed by atoms with Gasteiger partial charge in [0.1, 0.15) is 0 Å². The number of ether oxygens (including phenoxy) is 1. The molecule has 20 heavy (non-hydrogen) atoms. The summed E-state index contributed by atoms with van der Waals surface area (Å²) in [6, 6.07) is 0. The second-order valence-electron chi connectivity index (χ2n) is 4.24. The Balaban J connectivity index is 3.42. The zero-order chi connectivity index (χ0) is 14.9. The first-order valence-corrected chi connectivity index (χ1v) is 7.09. The molecule has 0 bridgehead atoms. The van der Waals surface area contributed by atoms with E-state index < -0.39 is 0 Å². The van der Waals surface area contributed by atoms with E-state index in [2.05, 4.69) is 41.2 Å². The van der Waals surface area contributed by atoms with Crippen LogP contribution in [0, 0.1) is 0 Å². The second-order valence-corrected chi connectivity index (χ2v) is 4.24. The Morgan fingerprint density at radius 1 is 0.900 bits per heavy atom. The highest BCUT2D eigenvalue weighted by Crippen LogP contribution is 2.00. The van der Waals surface area contributed by atoms with Gasteiger partial charge in [-0.25, -0.2) is 0 Å². The third kappa shape index (κ3) is 14.5. The van der Waals surface area contributed by atoms with E-state index in [0.717, 1.165) is 32.1 Å². The summed E-state index contributed by atoms with van der Waals surface area (Å²) in [5.74, 6) is -0.140. The van der Waals surface area contributed by atoms with Gasteiger partial charge in [0, 0.05) is 6.42 Å². The van der Waals surface area contributed by atoms with Crippen LogP contribution < -0.4 is 0 Å². The predicted octanol–water partition coefficient (Wildman–Crippen LogP) is 3.72. The topological polar surface area (TPSA) is 46.5 Å². The van der Waals surface area contributed by atoms with Gasteiger partial charge in [0.2, 0.25) is 0 Å². The van der Waals surface area contributed by atoms with Crippen molar-refractivity contribution in [2.75, 3.05) is 13.7 Å². The highest BCUT2D eigenvalue weighted by molar-refractivity contribution is 5.68. The zero-order valence-electron chi connectivity index (χ0n) is 12.3. The summed E-state index contributed by atoms with van der Waals surface area (Å²) in [6.45, 7) is 0.111. The Kier molecular flexibility index (Phi) is 14.2. The zero-order valence-corrected chi connectivity index (χ0v) is 12.3. The van der Waals surface area contributed by atoms with E-state index >= 15 is 0 Å². The molecule has 0 fully saturated rings. The van der Waals surface area contributed by atoms with Crippen molar-refractivity contribution in [3.05, 3.63) is 48.6 Å². The van der Waals surface area contributed by atoms with E-state index in [4.69, 9.17) is 5.11 Å². The average molecular weight is 278 g/mol. The third-order valence-corrected chi connectivity index (χ3v) is 2.57. The lowest BCUT2D eigenvalue weighted by molar-refractivity contribution is -0.140. The first-order valence-electron chi connectivity index (χ1n) is 7.09. The Bertz CT molecular complexity index is 338. The Morgan fingerprint density at radius 3 is 1.90 bits per heavy atom. The van der Waals surface area contributed by atoms with Crippen LogP contribution in [0.25, 0.3) is 0 Å². The minimum atomic E-state index is -0.140. The lowest BCUT2D eigenvalue weighted by atomic mass is 10.2. The molecule has 0 radical (unpaired) electrons. The molecular weight excluding hydrogens is 252 g/mol. The highest BCUT2D eigenvalue weighted by atomic mass is 16.5. The van der Waals surface area contributed by atoms with Crippen molar-refractivity contribution in [1.82, 2.24) is 0 Å². The van der Waals surface area contributed by atoms with E-state index in [1.807, 2.05) is 6.08 Å². The lowest BCUT2D eigenvalue weighted by Gasteiger charge is -1.95. The average Bonchev–Trinajstić information content (AvgIpc) is 2.47. The molecule has 3 nitrogen and oxygen atoms in total. The van der Waals surface area contributed by atoms with Crippen LogP contribution in [0.4, 0.5) is 0 Å². The number of esters is 1. The van der Waals surface area contributed by atoms with E-state index in [-0.39, 0.29) is 12.6 Å². The first kappa shape index (κ1) is 18.4. The summed E-state index contributed by atoms with van der Waals surface area (Å²) in [6.07, 6.45) is 21.3. The van der Waals surface area contributed by atoms with Crippen molar-refractivity contribution >= 4 is 5.97 Å². The first-order chi connectivity index (χ1) is 9.81. The van der Waals surface area contributed by atoms with Gasteiger partial charge >= 0.3 is 5.97 Å². The summed E-state index contributed by atoms with van der Waals surface area (Å²) in [5.41, 5.74) is 0. The molecule has 0 rings (SSSR count). The van der Waals surface area contributed by atoms with E-state index in [1.54, 1.807) is 6.08 Å². The van der Waals surface area contributed by atoms with Crippen molar-refractivity contribution in [1.29, 1.82) is 0 Å². The van der Waals surface area contributed by atoms with Gasteiger partial charge in [-0.1, -0.05) is 48.6 Å². The molecule has 0 aromatic rings. The van der Waals surface area contributed by atoms with Crippen LogP contribution in [0.5, 0.6) is 0 Å². The monoisotopic (exact) mass is 278 g/mol. The van der Waals surface area contributed by atoms with Crippen molar-refractivity contribution in [3.63, 3.8) is 0 Å². The number of rotatable bonds is 11. The van der Waals surface area contributed by atoms with Crippen molar-refractivity contribution in [3.8, 4) is 0 Å². The largest absolute Gasteiger partial charge is 0.469 e. The smallest absolute Gasteiger partial charge is 0.305 e. The molecule has 0 aliphatic rings. The molecule has 0 atom stereocenters. The van der Waals surface area contributed by atoms with Crippen LogP contribution >= 0.6 is 0 Å². The van der Waals surface area contributed by atoms with Gasteiger partial charge in [0.25, 0.3) is 0 Å². The molecule has 0 aliphatic heterocycles. The minimum absolute atomic E-state index is 0.111. The highest BCUT2D eigenvalue weighted by Gasteiger charge is 1.96. The molecule has 1 N–H and O–H groups in total.